The Hall–Kier alpha value is -4.18. The fraction of sp³-hybridized carbons (Fsp3) is 0.542. The van der Waals surface area contributed by atoms with E-state index in [1.165, 1.54) is 25.7 Å². The number of hydrogen-bond donors (Lipinski definition) is 3. The minimum absolute atomic E-state index is 0.0680. The van der Waals surface area contributed by atoms with Gasteiger partial charge in [-0.25, -0.2) is 0 Å². The summed E-state index contributed by atoms with van der Waals surface area (Å²) in [6.07, 6.45) is 15.3. The van der Waals surface area contributed by atoms with Gasteiger partial charge in [-0.05, 0) is 96.9 Å². The summed E-state index contributed by atoms with van der Waals surface area (Å²) >= 11 is 0. The molecule has 9 heteroatoms. The Morgan fingerprint density at radius 3 is 2.54 bits per heavy atom. The number of oxime groups is 1. The van der Waals surface area contributed by atoms with Crippen LogP contribution < -0.4 is 4.74 Å². The summed E-state index contributed by atoms with van der Waals surface area (Å²) in [7, 11) is 0. The molecule has 0 saturated heterocycles. The summed E-state index contributed by atoms with van der Waals surface area (Å²) in [5.41, 5.74) is 3.75. The number of benzene rings is 3. The van der Waals surface area contributed by atoms with E-state index >= 15 is 4.79 Å². The van der Waals surface area contributed by atoms with Crippen LogP contribution in [0.4, 0.5) is 0 Å². The number of carbonyl (C=O) groups excluding carboxylic acids is 1. The van der Waals surface area contributed by atoms with Gasteiger partial charge in [-0.3, -0.25) is 4.79 Å². The molecule has 1 aliphatic heterocycles. The fourth-order valence-corrected chi connectivity index (χ4v) is 10.6. The molecule has 9 nitrogen and oxygen atoms in total. The molecule has 3 aromatic carbocycles. The lowest BCUT2D eigenvalue weighted by Gasteiger charge is -2.60. The minimum atomic E-state index is -1.33. The van der Waals surface area contributed by atoms with Crippen LogP contribution >= 0.6 is 0 Å². The van der Waals surface area contributed by atoms with E-state index in [9.17, 15) is 15.3 Å². The molecule has 4 aliphatic rings. The fourth-order valence-electron chi connectivity index (χ4n) is 10.6. The molecule has 2 saturated carbocycles. The molecule has 6 atom stereocenters. The third kappa shape index (κ3) is 8.67. The lowest BCUT2D eigenvalue weighted by atomic mass is 9.55. The summed E-state index contributed by atoms with van der Waals surface area (Å²) in [4.78, 5) is 23.1. The summed E-state index contributed by atoms with van der Waals surface area (Å²) < 4.78 is 14.5. The molecular weight excluding hydrogens is 717 g/mol. The number of aromatic hydroxyl groups is 1. The Morgan fingerprint density at radius 1 is 1.00 bits per heavy atom. The number of ether oxygens (including phenoxy) is 2. The second kappa shape index (κ2) is 19.0. The molecule has 3 N–H and O–H groups in total. The highest BCUT2D eigenvalue weighted by atomic mass is 16.7. The van der Waals surface area contributed by atoms with Crippen LogP contribution in [0.2, 0.25) is 0 Å². The van der Waals surface area contributed by atoms with Crippen LogP contribution in [-0.4, -0.2) is 70.1 Å². The summed E-state index contributed by atoms with van der Waals surface area (Å²) in [6.45, 7) is 7.20. The van der Waals surface area contributed by atoms with Gasteiger partial charge in [-0.2, -0.15) is 0 Å². The molecular formula is C48H62N2O7. The van der Waals surface area contributed by atoms with Crippen molar-refractivity contribution in [3.8, 4) is 11.5 Å². The number of phenolic OH excluding ortho intramolecular Hbond substituents is 1. The molecule has 57 heavy (non-hydrogen) atoms. The zero-order valence-electron chi connectivity index (χ0n) is 33.7. The molecule has 3 aliphatic carbocycles. The number of amides is 1. The van der Waals surface area contributed by atoms with Gasteiger partial charge in [-0.1, -0.05) is 98.3 Å². The zero-order chi connectivity index (χ0) is 39.8. The number of allylic oxidation sites excluding steroid dienone is 1. The van der Waals surface area contributed by atoms with Crippen molar-refractivity contribution in [3.63, 3.8) is 0 Å². The van der Waals surface area contributed by atoms with E-state index in [0.29, 0.717) is 50.5 Å². The van der Waals surface area contributed by atoms with Gasteiger partial charge in [0.15, 0.2) is 0 Å². The van der Waals surface area contributed by atoms with Crippen molar-refractivity contribution >= 4 is 22.4 Å². The number of aliphatic hydroxyl groups is 2. The lowest BCUT2D eigenvalue weighted by molar-refractivity contribution is -0.258. The SMILES string of the molecule is C=CCO[C@@]12Oc3ccc(O)cc3[C@H]3[C@H](CCCCO)[C@@H](CCCCO)C=C(C(=NOCC)C[C@@H]1N(Cc1cccc4ccccc14)C(=O)CCC1CCCC1)[C@H]32. The molecule has 3 aromatic rings. The molecule has 7 rings (SSSR count). The maximum absolute atomic E-state index is 15.2. The highest BCUT2D eigenvalue weighted by molar-refractivity contribution is 6.03. The van der Waals surface area contributed by atoms with Gasteiger partial charge in [0.2, 0.25) is 11.7 Å². The van der Waals surface area contributed by atoms with Crippen LogP contribution in [0.3, 0.4) is 0 Å². The highest BCUT2D eigenvalue weighted by Crippen LogP contribution is 2.62. The monoisotopic (exact) mass is 778 g/mol. The molecule has 0 radical (unpaired) electrons. The van der Waals surface area contributed by atoms with E-state index in [4.69, 9.17) is 19.5 Å². The first-order chi connectivity index (χ1) is 27.9. The number of phenols is 1. The first-order valence-corrected chi connectivity index (χ1v) is 21.6. The normalized spacial score (nSPS) is 26.1. The van der Waals surface area contributed by atoms with Crippen molar-refractivity contribution in [3.05, 3.63) is 96.1 Å². The van der Waals surface area contributed by atoms with Crippen molar-refractivity contribution in [2.75, 3.05) is 26.4 Å². The molecule has 1 heterocycles. The number of hydrogen-bond acceptors (Lipinski definition) is 8. The molecule has 0 spiro atoms. The van der Waals surface area contributed by atoms with Crippen LogP contribution in [0, 0.1) is 23.7 Å². The number of carbonyl (C=O) groups is 1. The van der Waals surface area contributed by atoms with Crippen molar-refractivity contribution in [2.45, 2.75) is 115 Å². The summed E-state index contributed by atoms with van der Waals surface area (Å²) in [5.74, 6) is -0.282. The van der Waals surface area contributed by atoms with Crippen LogP contribution in [-0.2, 0) is 20.9 Å². The van der Waals surface area contributed by atoms with Crippen LogP contribution in [0.25, 0.3) is 10.8 Å². The van der Waals surface area contributed by atoms with Gasteiger partial charge in [0.1, 0.15) is 24.1 Å². The molecule has 306 valence electrons. The van der Waals surface area contributed by atoms with Gasteiger partial charge in [-0.15, -0.1) is 6.58 Å². The second-order valence-electron chi connectivity index (χ2n) is 16.6. The number of fused-ring (bicyclic) bond motifs is 3. The molecule has 0 unspecified atom stereocenters. The number of aliphatic hydroxyl groups excluding tert-OH is 2. The summed E-state index contributed by atoms with van der Waals surface area (Å²) in [5, 5.41) is 37.8. The average Bonchev–Trinajstić information content (AvgIpc) is 3.76. The van der Waals surface area contributed by atoms with Gasteiger partial charge in [0, 0.05) is 44.1 Å². The molecule has 0 aromatic heterocycles. The third-order valence-corrected chi connectivity index (χ3v) is 13.1. The average molecular weight is 779 g/mol. The molecule has 0 bridgehead atoms. The smallest absolute Gasteiger partial charge is 0.239 e. The Morgan fingerprint density at radius 2 is 1.77 bits per heavy atom. The standard InChI is InChI=1S/C48H62N2O7/c1-3-28-55-48-44(50(45(54)25-22-33-14-5-6-15-33)32-36-19-13-18-34-16-7-8-20-38(34)36)31-42(49-56-4-2)40-29-35(17-9-11-26-51)39(21-10-12-27-52)46(47(40)48)41-30-37(53)23-24-43(41)57-48/h3,7-8,13,16,18-20,23-24,29-30,33,35,39,44,46-47,51-53H,1,4-6,9-12,14-15,17,21-22,25-28,31-32H2,2H3/t35-,39+,44-,46+,47+,48+/m0/s1. The van der Waals surface area contributed by atoms with E-state index in [1.54, 1.807) is 12.1 Å². The predicted octanol–water partition coefficient (Wildman–Crippen LogP) is 9.20. The van der Waals surface area contributed by atoms with E-state index in [-0.39, 0.29) is 49.2 Å². The minimum Gasteiger partial charge on any atom is -0.508 e. The lowest BCUT2D eigenvalue weighted by Crippen LogP contribution is -2.70. The Kier molecular flexibility index (Phi) is 13.7. The van der Waals surface area contributed by atoms with E-state index in [2.05, 4.69) is 49.1 Å². The topological polar surface area (TPSA) is 121 Å². The number of unbranched alkanes of at least 4 members (excludes halogenated alkanes) is 2. The van der Waals surface area contributed by atoms with Crippen molar-refractivity contribution in [2.24, 2.45) is 28.8 Å². The van der Waals surface area contributed by atoms with Crippen LogP contribution in [0.5, 0.6) is 11.5 Å². The predicted molar refractivity (Wildman–Crippen MR) is 224 cm³/mol. The Balaban J connectivity index is 1.43. The van der Waals surface area contributed by atoms with Crippen molar-refractivity contribution in [1.29, 1.82) is 0 Å². The first-order valence-electron chi connectivity index (χ1n) is 21.6. The Labute approximate surface area is 338 Å². The first kappa shape index (κ1) is 41.0. The van der Waals surface area contributed by atoms with Crippen LogP contribution in [0.15, 0.2) is 90.1 Å². The molecule has 2 fully saturated rings. The number of rotatable bonds is 19. The largest absolute Gasteiger partial charge is 0.508 e. The van der Waals surface area contributed by atoms with E-state index < -0.39 is 17.7 Å². The van der Waals surface area contributed by atoms with Gasteiger partial charge < -0.3 is 34.5 Å². The third-order valence-electron chi connectivity index (χ3n) is 13.1. The quantitative estimate of drug-likeness (QED) is 0.0631. The van der Waals surface area contributed by atoms with Crippen LogP contribution in [0.1, 0.15) is 107 Å². The van der Waals surface area contributed by atoms with Gasteiger partial charge in [0.05, 0.1) is 18.2 Å². The molecule has 1 amide bonds. The maximum atomic E-state index is 15.2. The highest BCUT2D eigenvalue weighted by Gasteiger charge is 2.65. The van der Waals surface area contributed by atoms with Gasteiger partial charge in [0.25, 0.3) is 0 Å². The van der Waals surface area contributed by atoms with Gasteiger partial charge >= 0.3 is 0 Å². The Bertz CT molecular complexity index is 1900. The maximum Gasteiger partial charge on any atom is 0.239 e. The summed E-state index contributed by atoms with van der Waals surface area (Å²) in [6, 6.07) is 19.4. The second-order valence-corrected chi connectivity index (χ2v) is 16.6. The van der Waals surface area contributed by atoms with Crippen molar-refractivity contribution < 1.29 is 34.4 Å². The van der Waals surface area contributed by atoms with E-state index in [1.807, 2.05) is 30.0 Å². The number of nitrogens with zero attached hydrogens (tertiary/aromatic N) is 2. The van der Waals surface area contributed by atoms with Crippen molar-refractivity contribution in [1.82, 2.24) is 4.90 Å². The zero-order valence-corrected chi connectivity index (χ0v) is 33.7. The van der Waals surface area contributed by atoms with E-state index in [0.717, 1.165) is 65.3 Å².